The minimum atomic E-state index is -0.0531. The predicted octanol–water partition coefficient (Wildman–Crippen LogP) is 2.12. The molecule has 3 unspecified atom stereocenters. The lowest BCUT2D eigenvalue weighted by atomic mass is 9.91. The van der Waals surface area contributed by atoms with Crippen molar-refractivity contribution < 1.29 is 4.79 Å². The number of hydrogen-bond acceptors (Lipinski definition) is 4. The van der Waals surface area contributed by atoms with Crippen LogP contribution in [0.2, 0.25) is 0 Å². The zero-order valence-electron chi connectivity index (χ0n) is 15.1. The first-order valence-electron chi connectivity index (χ1n) is 9.64. The highest BCUT2D eigenvalue weighted by atomic mass is 16.2. The van der Waals surface area contributed by atoms with Gasteiger partial charge < -0.3 is 4.90 Å². The van der Waals surface area contributed by atoms with Crippen LogP contribution in [0.1, 0.15) is 37.3 Å². The highest BCUT2D eigenvalue weighted by Crippen LogP contribution is 2.30. The second kappa shape index (κ2) is 8.01. The fourth-order valence-corrected chi connectivity index (χ4v) is 4.22. The zero-order valence-corrected chi connectivity index (χ0v) is 15.1. The molecule has 6 nitrogen and oxygen atoms in total. The maximum absolute atomic E-state index is 13.4. The van der Waals surface area contributed by atoms with Crippen molar-refractivity contribution in [3.05, 3.63) is 54.4 Å². The number of nitrogens with zero attached hydrogens (tertiary/aromatic N) is 3. The van der Waals surface area contributed by atoms with E-state index in [-0.39, 0.29) is 17.9 Å². The molecular weight excluding hydrogens is 326 g/mol. The molecule has 1 aromatic carbocycles. The molecule has 6 heteroatoms. The summed E-state index contributed by atoms with van der Waals surface area (Å²) in [5.41, 5.74) is 7.67. The minimum Gasteiger partial charge on any atom is -0.339 e. The van der Waals surface area contributed by atoms with Crippen LogP contribution in [-0.4, -0.2) is 39.7 Å². The molecule has 138 valence electrons. The van der Waals surface area contributed by atoms with Crippen LogP contribution in [0.5, 0.6) is 0 Å². The van der Waals surface area contributed by atoms with Gasteiger partial charge in [0.1, 0.15) is 0 Å². The molecule has 4 rings (SSSR count). The Bertz CT molecular complexity index is 702. The van der Waals surface area contributed by atoms with Crippen molar-refractivity contribution in [3.8, 4) is 0 Å². The van der Waals surface area contributed by atoms with Crippen molar-refractivity contribution in [3.63, 3.8) is 0 Å². The number of hydrogen-bond donors (Lipinski definition) is 2. The van der Waals surface area contributed by atoms with E-state index in [1.165, 1.54) is 12.0 Å². The number of carbonyl (C=O) groups excluding carboxylic acids is 1. The van der Waals surface area contributed by atoms with Crippen molar-refractivity contribution in [1.82, 2.24) is 25.5 Å². The van der Waals surface area contributed by atoms with Crippen LogP contribution in [0, 0.1) is 5.92 Å². The quantitative estimate of drug-likeness (QED) is 0.864. The van der Waals surface area contributed by atoms with Gasteiger partial charge in [0.2, 0.25) is 5.91 Å². The number of carbonyl (C=O) groups is 1. The fraction of sp³-hybridized carbons (Fsp3) is 0.500. The average Bonchev–Trinajstić information content (AvgIpc) is 3.38. The first-order chi connectivity index (χ1) is 12.8. The van der Waals surface area contributed by atoms with E-state index in [4.69, 9.17) is 0 Å². The van der Waals surface area contributed by atoms with Gasteiger partial charge in [0.25, 0.3) is 0 Å². The number of aryl methyl sites for hydroxylation is 1. The summed E-state index contributed by atoms with van der Waals surface area (Å²) in [6.07, 6.45) is 8.17. The smallest absolute Gasteiger partial charge is 0.229 e. The Kier molecular flexibility index (Phi) is 5.32. The maximum Gasteiger partial charge on any atom is 0.229 e. The van der Waals surface area contributed by atoms with Crippen LogP contribution >= 0.6 is 0 Å². The highest BCUT2D eigenvalue weighted by molar-refractivity contribution is 5.81. The van der Waals surface area contributed by atoms with Gasteiger partial charge in [-0.2, -0.15) is 5.10 Å². The van der Waals surface area contributed by atoms with Gasteiger partial charge >= 0.3 is 0 Å². The summed E-state index contributed by atoms with van der Waals surface area (Å²) in [6, 6.07) is 12.6. The second-order valence-corrected chi connectivity index (χ2v) is 7.26. The van der Waals surface area contributed by atoms with Crippen LogP contribution in [0.4, 0.5) is 0 Å². The van der Waals surface area contributed by atoms with E-state index in [0.717, 1.165) is 32.4 Å². The molecule has 1 aromatic heterocycles. The number of hydrazine groups is 1. The van der Waals surface area contributed by atoms with Crippen LogP contribution in [0.15, 0.2) is 48.8 Å². The molecule has 2 fully saturated rings. The van der Waals surface area contributed by atoms with E-state index in [0.29, 0.717) is 12.6 Å². The van der Waals surface area contributed by atoms with E-state index in [9.17, 15) is 4.79 Å². The van der Waals surface area contributed by atoms with Crippen molar-refractivity contribution in [2.45, 2.75) is 44.3 Å². The van der Waals surface area contributed by atoms with E-state index in [1.807, 2.05) is 41.3 Å². The Morgan fingerprint density at radius 1 is 1.19 bits per heavy atom. The molecule has 2 saturated heterocycles. The van der Waals surface area contributed by atoms with E-state index in [2.05, 4.69) is 33.0 Å². The number of rotatable bonds is 5. The van der Waals surface area contributed by atoms with Gasteiger partial charge in [0.15, 0.2) is 0 Å². The predicted molar refractivity (Wildman–Crippen MR) is 100 cm³/mol. The Balaban J connectivity index is 1.45. The Morgan fingerprint density at radius 3 is 2.88 bits per heavy atom. The summed E-state index contributed by atoms with van der Waals surface area (Å²) in [5, 5.41) is 4.29. The number of aromatic nitrogens is 2. The van der Waals surface area contributed by atoms with Crippen molar-refractivity contribution in [1.29, 1.82) is 0 Å². The molecule has 2 aliphatic rings. The molecule has 2 aromatic rings. The Morgan fingerprint density at radius 2 is 2.08 bits per heavy atom. The van der Waals surface area contributed by atoms with Gasteiger partial charge in [-0.25, -0.2) is 5.43 Å². The van der Waals surface area contributed by atoms with Gasteiger partial charge in [0, 0.05) is 38.1 Å². The van der Waals surface area contributed by atoms with Gasteiger partial charge in [0.05, 0.1) is 12.0 Å². The third-order valence-corrected chi connectivity index (χ3v) is 5.62. The highest BCUT2D eigenvalue weighted by Gasteiger charge is 2.39. The molecule has 0 bridgehead atoms. The molecular formula is C20H27N5O. The lowest BCUT2D eigenvalue weighted by molar-refractivity contribution is -0.139. The van der Waals surface area contributed by atoms with Gasteiger partial charge in [-0.15, -0.1) is 0 Å². The number of nitrogens with one attached hydrogen (secondary N) is 2. The molecule has 0 saturated carbocycles. The molecule has 3 atom stereocenters. The number of amides is 1. The molecule has 1 amide bonds. The average molecular weight is 353 g/mol. The van der Waals surface area contributed by atoms with Crippen molar-refractivity contribution >= 4 is 5.91 Å². The molecule has 26 heavy (non-hydrogen) atoms. The number of benzene rings is 1. The van der Waals surface area contributed by atoms with Gasteiger partial charge in [-0.05, 0) is 37.3 Å². The third-order valence-electron chi connectivity index (χ3n) is 5.62. The summed E-state index contributed by atoms with van der Waals surface area (Å²) < 4.78 is 1.96. The molecule has 0 radical (unpaired) electrons. The normalized spacial score (nSPS) is 26.2. The Labute approximate surface area is 154 Å². The molecule has 2 aliphatic heterocycles. The van der Waals surface area contributed by atoms with Crippen LogP contribution in [0.3, 0.4) is 0 Å². The summed E-state index contributed by atoms with van der Waals surface area (Å²) in [5.74, 6) is 0.226. The largest absolute Gasteiger partial charge is 0.339 e. The summed E-state index contributed by atoms with van der Waals surface area (Å²) in [7, 11) is 0. The second-order valence-electron chi connectivity index (χ2n) is 7.26. The summed E-state index contributed by atoms with van der Waals surface area (Å²) in [6.45, 7) is 2.42. The summed E-state index contributed by atoms with van der Waals surface area (Å²) in [4.78, 5) is 15.5. The first-order valence-corrected chi connectivity index (χ1v) is 9.64. The van der Waals surface area contributed by atoms with E-state index >= 15 is 0 Å². The zero-order chi connectivity index (χ0) is 17.8. The molecule has 3 heterocycles. The van der Waals surface area contributed by atoms with E-state index < -0.39 is 0 Å². The maximum atomic E-state index is 13.4. The summed E-state index contributed by atoms with van der Waals surface area (Å²) >= 11 is 0. The third kappa shape index (κ3) is 3.66. The van der Waals surface area contributed by atoms with Crippen LogP contribution in [0.25, 0.3) is 0 Å². The van der Waals surface area contributed by atoms with Gasteiger partial charge in [-0.1, -0.05) is 30.3 Å². The standard InChI is InChI=1S/C20H27N5O/c26-20(18-15-21-23-19(18)16-7-2-1-3-8-16)25-13-5-4-9-17(25)10-14-24-12-6-11-22-24/h1-3,6-8,11-12,17-19,21,23H,4-5,9-10,13-15H2. The lowest BCUT2D eigenvalue weighted by Gasteiger charge is -2.38. The lowest BCUT2D eigenvalue weighted by Crippen LogP contribution is -2.48. The first kappa shape index (κ1) is 17.2. The molecule has 0 aliphatic carbocycles. The number of piperidine rings is 1. The molecule has 0 spiro atoms. The monoisotopic (exact) mass is 353 g/mol. The van der Waals surface area contributed by atoms with Crippen molar-refractivity contribution in [2.24, 2.45) is 5.92 Å². The number of likely N-dealkylation sites (tertiary alicyclic amines) is 1. The SMILES string of the molecule is O=C(C1CNNC1c1ccccc1)N1CCCCC1CCn1cccn1. The Hall–Kier alpha value is -2.18. The minimum absolute atomic E-state index is 0.0393. The van der Waals surface area contributed by atoms with Gasteiger partial charge in [-0.3, -0.25) is 14.9 Å². The topological polar surface area (TPSA) is 62.2 Å². The van der Waals surface area contributed by atoms with Crippen LogP contribution < -0.4 is 10.9 Å². The molecule has 2 N–H and O–H groups in total. The van der Waals surface area contributed by atoms with Crippen molar-refractivity contribution in [2.75, 3.05) is 13.1 Å². The van der Waals surface area contributed by atoms with Crippen LogP contribution in [-0.2, 0) is 11.3 Å². The van der Waals surface area contributed by atoms with E-state index in [1.54, 1.807) is 0 Å². The fourth-order valence-electron chi connectivity index (χ4n) is 4.22.